The van der Waals surface area contributed by atoms with Gasteiger partial charge in [-0.1, -0.05) is 20.8 Å². The maximum atomic E-state index is 4.24. The van der Waals surface area contributed by atoms with E-state index in [0.717, 1.165) is 19.4 Å². The number of nitrogens with zero attached hydrogens (tertiary/aromatic N) is 3. The molecule has 2 heterocycles. The van der Waals surface area contributed by atoms with Crippen molar-refractivity contribution in [2.75, 3.05) is 0 Å². The molecule has 3 heteroatoms. The average Bonchev–Trinajstić information content (AvgIpc) is 2.50. The van der Waals surface area contributed by atoms with Gasteiger partial charge in [0.25, 0.3) is 0 Å². The SMILES string of the molecule is CC(C)(C)Cc1nnc2n1CCC2. The molecule has 0 amide bonds. The fourth-order valence-corrected chi connectivity index (χ4v) is 1.82. The van der Waals surface area contributed by atoms with E-state index < -0.39 is 0 Å². The van der Waals surface area contributed by atoms with Crippen LogP contribution in [0.5, 0.6) is 0 Å². The zero-order chi connectivity index (χ0) is 9.47. The Morgan fingerprint density at radius 2 is 2.08 bits per heavy atom. The molecule has 0 N–H and O–H groups in total. The van der Waals surface area contributed by atoms with Crippen LogP contribution < -0.4 is 0 Å². The molecular formula is C10H17N3. The monoisotopic (exact) mass is 179 g/mol. The van der Waals surface area contributed by atoms with Gasteiger partial charge in [0.1, 0.15) is 11.6 Å². The number of rotatable bonds is 1. The quantitative estimate of drug-likeness (QED) is 0.658. The van der Waals surface area contributed by atoms with Crippen molar-refractivity contribution >= 4 is 0 Å². The van der Waals surface area contributed by atoms with E-state index in [1.807, 2.05) is 0 Å². The van der Waals surface area contributed by atoms with E-state index in [9.17, 15) is 0 Å². The number of fused-ring (bicyclic) bond motifs is 1. The molecule has 1 aromatic rings. The third-order valence-corrected chi connectivity index (χ3v) is 2.37. The molecule has 0 aliphatic carbocycles. The van der Waals surface area contributed by atoms with Gasteiger partial charge in [-0.3, -0.25) is 0 Å². The lowest BCUT2D eigenvalue weighted by Crippen LogP contribution is -2.13. The van der Waals surface area contributed by atoms with Crippen LogP contribution in [0, 0.1) is 5.41 Å². The van der Waals surface area contributed by atoms with Gasteiger partial charge < -0.3 is 4.57 Å². The van der Waals surface area contributed by atoms with Crippen LogP contribution in [-0.4, -0.2) is 14.8 Å². The largest absolute Gasteiger partial charge is 0.315 e. The molecule has 72 valence electrons. The number of hydrogen-bond donors (Lipinski definition) is 0. The second-order valence-corrected chi connectivity index (χ2v) is 5.03. The number of aryl methyl sites for hydroxylation is 1. The van der Waals surface area contributed by atoms with E-state index in [0.29, 0.717) is 5.41 Å². The van der Waals surface area contributed by atoms with E-state index in [2.05, 4.69) is 35.5 Å². The number of aromatic nitrogens is 3. The summed E-state index contributed by atoms with van der Waals surface area (Å²) in [7, 11) is 0. The lowest BCUT2D eigenvalue weighted by molar-refractivity contribution is 0.392. The molecule has 0 atom stereocenters. The predicted octanol–water partition coefficient (Wildman–Crippen LogP) is 1.81. The van der Waals surface area contributed by atoms with Crippen molar-refractivity contribution in [1.82, 2.24) is 14.8 Å². The maximum absolute atomic E-state index is 4.24. The summed E-state index contributed by atoms with van der Waals surface area (Å²) in [6.07, 6.45) is 3.37. The minimum atomic E-state index is 0.312. The van der Waals surface area contributed by atoms with Crippen molar-refractivity contribution < 1.29 is 0 Å². The summed E-state index contributed by atoms with van der Waals surface area (Å²) in [5.74, 6) is 2.35. The molecule has 1 aliphatic rings. The topological polar surface area (TPSA) is 30.7 Å². The molecule has 0 fully saturated rings. The standard InChI is InChI=1S/C10H17N3/c1-10(2,3)7-9-12-11-8-5-4-6-13(8)9/h4-7H2,1-3H3. The van der Waals surface area contributed by atoms with Gasteiger partial charge >= 0.3 is 0 Å². The first-order valence-electron chi connectivity index (χ1n) is 4.97. The van der Waals surface area contributed by atoms with E-state index >= 15 is 0 Å². The summed E-state index contributed by atoms with van der Waals surface area (Å²) in [4.78, 5) is 0. The molecule has 0 unspecified atom stereocenters. The van der Waals surface area contributed by atoms with Gasteiger partial charge in [-0.2, -0.15) is 0 Å². The highest BCUT2D eigenvalue weighted by Crippen LogP contribution is 2.22. The van der Waals surface area contributed by atoms with E-state index in [1.54, 1.807) is 0 Å². The minimum absolute atomic E-state index is 0.312. The minimum Gasteiger partial charge on any atom is -0.315 e. The summed E-state index contributed by atoms with van der Waals surface area (Å²) in [5, 5.41) is 8.43. The Morgan fingerprint density at radius 1 is 1.31 bits per heavy atom. The third-order valence-electron chi connectivity index (χ3n) is 2.37. The van der Waals surface area contributed by atoms with Crippen LogP contribution in [0.1, 0.15) is 38.8 Å². The fourth-order valence-electron chi connectivity index (χ4n) is 1.82. The first-order chi connectivity index (χ1) is 6.06. The van der Waals surface area contributed by atoms with Crippen LogP contribution in [0.2, 0.25) is 0 Å². The molecule has 0 bridgehead atoms. The van der Waals surface area contributed by atoms with E-state index in [-0.39, 0.29) is 0 Å². The highest BCUT2D eigenvalue weighted by atomic mass is 15.3. The zero-order valence-electron chi connectivity index (χ0n) is 8.67. The second-order valence-electron chi connectivity index (χ2n) is 5.03. The molecular weight excluding hydrogens is 162 g/mol. The van der Waals surface area contributed by atoms with E-state index in [1.165, 1.54) is 18.1 Å². The van der Waals surface area contributed by atoms with Crippen molar-refractivity contribution in [2.45, 2.75) is 46.6 Å². The molecule has 13 heavy (non-hydrogen) atoms. The summed E-state index contributed by atoms with van der Waals surface area (Å²) < 4.78 is 2.28. The molecule has 0 saturated heterocycles. The zero-order valence-corrected chi connectivity index (χ0v) is 8.67. The van der Waals surface area contributed by atoms with Gasteiger partial charge in [0, 0.05) is 19.4 Å². The Morgan fingerprint density at radius 3 is 2.77 bits per heavy atom. The van der Waals surface area contributed by atoms with Crippen molar-refractivity contribution in [3.63, 3.8) is 0 Å². The first kappa shape index (κ1) is 8.73. The molecule has 0 spiro atoms. The van der Waals surface area contributed by atoms with Crippen LogP contribution in [0.15, 0.2) is 0 Å². The molecule has 3 nitrogen and oxygen atoms in total. The molecule has 0 aromatic carbocycles. The summed E-state index contributed by atoms with van der Waals surface area (Å²) in [6.45, 7) is 7.84. The van der Waals surface area contributed by atoms with Gasteiger partial charge in [0.15, 0.2) is 0 Å². The van der Waals surface area contributed by atoms with Crippen LogP contribution in [0.4, 0.5) is 0 Å². The summed E-state index contributed by atoms with van der Waals surface area (Å²) >= 11 is 0. The molecule has 0 radical (unpaired) electrons. The maximum Gasteiger partial charge on any atom is 0.133 e. The fraction of sp³-hybridized carbons (Fsp3) is 0.800. The van der Waals surface area contributed by atoms with Gasteiger partial charge in [0.05, 0.1) is 0 Å². The Balaban J connectivity index is 2.22. The lowest BCUT2D eigenvalue weighted by atomic mass is 9.92. The lowest BCUT2D eigenvalue weighted by Gasteiger charge is -2.17. The first-order valence-corrected chi connectivity index (χ1v) is 4.97. The number of hydrogen-bond acceptors (Lipinski definition) is 2. The average molecular weight is 179 g/mol. The van der Waals surface area contributed by atoms with Crippen LogP contribution in [-0.2, 0) is 19.4 Å². The molecule has 2 rings (SSSR count). The van der Waals surface area contributed by atoms with Crippen molar-refractivity contribution in [3.05, 3.63) is 11.6 Å². The van der Waals surface area contributed by atoms with Crippen LogP contribution in [0.25, 0.3) is 0 Å². The van der Waals surface area contributed by atoms with Crippen LogP contribution in [0.3, 0.4) is 0 Å². The van der Waals surface area contributed by atoms with Gasteiger partial charge in [-0.25, -0.2) is 0 Å². The molecule has 1 aliphatic heterocycles. The summed E-state index contributed by atoms with van der Waals surface area (Å²) in [6, 6.07) is 0. The Labute approximate surface area is 79.2 Å². The van der Waals surface area contributed by atoms with Gasteiger partial charge in [-0.05, 0) is 11.8 Å². The molecule has 0 saturated carbocycles. The summed E-state index contributed by atoms with van der Waals surface area (Å²) in [5.41, 5.74) is 0.312. The Hall–Kier alpha value is -0.860. The Bertz CT molecular complexity index is 306. The molecule has 1 aromatic heterocycles. The van der Waals surface area contributed by atoms with Crippen molar-refractivity contribution in [3.8, 4) is 0 Å². The van der Waals surface area contributed by atoms with Crippen molar-refractivity contribution in [1.29, 1.82) is 0 Å². The van der Waals surface area contributed by atoms with Crippen LogP contribution >= 0.6 is 0 Å². The van der Waals surface area contributed by atoms with Gasteiger partial charge in [-0.15, -0.1) is 10.2 Å². The van der Waals surface area contributed by atoms with E-state index in [4.69, 9.17) is 0 Å². The normalized spacial score (nSPS) is 16.2. The van der Waals surface area contributed by atoms with Crippen molar-refractivity contribution in [2.24, 2.45) is 5.41 Å². The predicted molar refractivity (Wildman–Crippen MR) is 51.5 cm³/mol. The highest BCUT2D eigenvalue weighted by molar-refractivity contribution is 5.02. The Kier molecular flexibility index (Phi) is 1.90. The third kappa shape index (κ3) is 1.74. The van der Waals surface area contributed by atoms with Gasteiger partial charge in [0.2, 0.25) is 0 Å². The highest BCUT2D eigenvalue weighted by Gasteiger charge is 2.21. The second kappa shape index (κ2) is 2.82. The smallest absolute Gasteiger partial charge is 0.133 e.